The Balaban J connectivity index is 1.46. The van der Waals surface area contributed by atoms with Gasteiger partial charge < -0.3 is 15.4 Å². The van der Waals surface area contributed by atoms with Crippen LogP contribution in [0.5, 0.6) is 0 Å². The van der Waals surface area contributed by atoms with Crippen molar-refractivity contribution < 1.29 is 9.53 Å². The molecule has 3 aromatic rings. The summed E-state index contributed by atoms with van der Waals surface area (Å²) in [5.41, 5.74) is 3.23. The number of amides is 1. The predicted octanol–water partition coefficient (Wildman–Crippen LogP) is 3.31. The van der Waals surface area contributed by atoms with Crippen LogP contribution in [-0.4, -0.2) is 35.4 Å². The number of nitriles is 1. The quantitative estimate of drug-likeness (QED) is 0.692. The Hall–Kier alpha value is -3.18. The third kappa shape index (κ3) is 4.30. The second-order valence-electron chi connectivity index (χ2n) is 6.59. The van der Waals surface area contributed by atoms with E-state index in [1.165, 1.54) is 6.20 Å². The summed E-state index contributed by atoms with van der Waals surface area (Å²) >= 11 is 6.40. The van der Waals surface area contributed by atoms with Crippen molar-refractivity contribution >= 4 is 23.2 Å². The lowest BCUT2D eigenvalue weighted by Crippen LogP contribution is -2.33. The highest BCUT2D eigenvalue weighted by Gasteiger charge is 2.19. The summed E-state index contributed by atoms with van der Waals surface area (Å²) in [7, 11) is 0. The van der Waals surface area contributed by atoms with Gasteiger partial charge in [-0.1, -0.05) is 17.7 Å². The van der Waals surface area contributed by atoms with Crippen LogP contribution >= 0.6 is 11.6 Å². The zero-order valence-electron chi connectivity index (χ0n) is 15.4. The number of nitrogens with one attached hydrogen (secondary N) is 2. The molecular formula is C21H18ClN5O2. The fraction of sp³-hybridized carbons (Fsp3) is 0.190. The lowest BCUT2D eigenvalue weighted by molar-refractivity contribution is 0.0278. The summed E-state index contributed by atoms with van der Waals surface area (Å²) in [5, 5.41) is 19.8. The third-order valence-electron chi connectivity index (χ3n) is 4.64. The molecule has 8 heteroatoms. The first-order valence-electron chi connectivity index (χ1n) is 9.12. The first-order chi connectivity index (χ1) is 14.1. The maximum atomic E-state index is 12.6. The molecule has 1 atom stereocenters. The van der Waals surface area contributed by atoms with Gasteiger partial charge in [-0.2, -0.15) is 10.4 Å². The molecule has 0 spiro atoms. The van der Waals surface area contributed by atoms with Crippen LogP contribution in [0, 0.1) is 11.3 Å². The second-order valence-corrected chi connectivity index (χ2v) is 6.99. The van der Waals surface area contributed by atoms with Gasteiger partial charge in [0.05, 0.1) is 41.8 Å². The van der Waals surface area contributed by atoms with Crippen molar-refractivity contribution in [2.45, 2.75) is 6.10 Å². The van der Waals surface area contributed by atoms with Crippen molar-refractivity contribution in [2.24, 2.45) is 0 Å². The van der Waals surface area contributed by atoms with Crippen LogP contribution in [0.1, 0.15) is 27.6 Å². The Morgan fingerprint density at radius 3 is 2.83 bits per heavy atom. The largest absolute Gasteiger partial charge is 0.371 e. The Morgan fingerprint density at radius 1 is 1.31 bits per heavy atom. The fourth-order valence-electron chi connectivity index (χ4n) is 3.10. The molecule has 7 nitrogen and oxygen atoms in total. The summed E-state index contributed by atoms with van der Waals surface area (Å²) in [5.74, 6) is -0.288. The maximum Gasteiger partial charge on any atom is 0.258 e. The lowest BCUT2D eigenvalue weighted by Gasteiger charge is -2.25. The molecule has 0 unspecified atom stereocenters. The standard InChI is InChI=1S/C21H18ClN5O2/c22-19-9-16(3-6-18(19)20-12-24-7-8-29-20)26-21(28)15-11-25-27(13-15)17-4-1-14(10-23)2-5-17/h1-6,9,11,13,20,24H,7-8,12H2,(H,26,28)/t20-/m1/s1. The smallest absolute Gasteiger partial charge is 0.258 e. The monoisotopic (exact) mass is 407 g/mol. The SMILES string of the molecule is N#Cc1ccc(-n2cc(C(=O)Nc3ccc([C@H]4CNCCO4)c(Cl)c3)cn2)cc1. The molecule has 1 amide bonds. The van der Waals surface area contributed by atoms with Crippen molar-refractivity contribution in [3.05, 3.63) is 76.6 Å². The van der Waals surface area contributed by atoms with Gasteiger partial charge in [0.25, 0.3) is 5.91 Å². The number of hydrogen-bond donors (Lipinski definition) is 2. The van der Waals surface area contributed by atoms with Crippen molar-refractivity contribution in [3.8, 4) is 11.8 Å². The molecule has 2 heterocycles. The lowest BCUT2D eigenvalue weighted by atomic mass is 10.1. The van der Waals surface area contributed by atoms with E-state index in [1.54, 1.807) is 41.2 Å². The summed E-state index contributed by atoms with van der Waals surface area (Å²) in [4.78, 5) is 12.6. The van der Waals surface area contributed by atoms with Crippen LogP contribution in [0.4, 0.5) is 5.69 Å². The summed E-state index contributed by atoms with van der Waals surface area (Å²) < 4.78 is 7.31. The summed E-state index contributed by atoms with van der Waals surface area (Å²) in [6.07, 6.45) is 3.03. The molecule has 4 rings (SSSR count). The number of anilines is 1. The molecule has 1 aliphatic heterocycles. The van der Waals surface area contributed by atoms with E-state index >= 15 is 0 Å². The second kappa shape index (κ2) is 8.45. The van der Waals surface area contributed by atoms with E-state index in [1.807, 2.05) is 12.1 Å². The number of benzene rings is 2. The van der Waals surface area contributed by atoms with Gasteiger partial charge in [0.1, 0.15) is 0 Å². The molecule has 0 bridgehead atoms. The van der Waals surface area contributed by atoms with Crippen molar-refractivity contribution in [2.75, 3.05) is 25.0 Å². The number of ether oxygens (including phenoxy) is 1. The van der Waals surface area contributed by atoms with E-state index in [-0.39, 0.29) is 12.0 Å². The van der Waals surface area contributed by atoms with Gasteiger partial charge >= 0.3 is 0 Å². The number of nitrogens with zero attached hydrogens (tertiary/aromatic N) is 3. The minimum absolute atomic E-state index is 0.0911. The molecule has 0 aliphatic carbocycles. The average Bonchev–Trinajstić information content (AvgIpc) is 3.25. The Bertz CT molecular complexity index is 1070. The molecule has 1 saturated heterocycles. The maximum absolute atomic E-state index is 12.6. The fourth-order valence-corrected chi connectivity index (χ4v) is 3.41. The van der Waals surface area contributed by atoms with Gasteiger partial charge in [-0.05, 0) is 36.4 Å². The molecule has 146 valence electrons. The average molecular weight is 408 g/mol. The predicted molar refractivity (Wildman–Crippen MR) is 109 cm³/mol. The van der Waals surface area contributed by atoms with Crippen LogP contribution in [0.3, 0.4) is 0 Å². The van der Waals surface area contributed by atoms with Crippen molar-refractivity contribution in [1.29, 1.82) is 5.26 Å². The number of halogens is 1. The minimum atomic E-state index is -0.288. The highest BCUT2D eigenvalue weighted by molar-refractivity contribution is 6.31. The van der Waals surface area contributed by atoms with Gasteiger partial charge in [0.15, 0.2) is 0 Å². The van der Waals surface area contributed by atoms with E-state index < -0.39 is 0 Å². The molecule has 0 radical (unpaired) electrons. The van der Waals surface area contributed by atoms with Crippen LogP contribution in [0.15, 0.2) is 54.9 Å². The van der Waals surface area contributed by atoms with E-state index in [0.717, 1.165) is 17.8 Å². The molecular weight excluding hydrogens is 390 g/mol. The zero-order valence-corrected chi connectivity index (χ0v) is 16.2. The molecule has 1 fully saturated rings. The number of carbonyl (C=O) groups excluding carboxylic acids is 1. The van der Waals surface area contributed by atoms with E-state index in [0.29, 0.717) is 35.0 Å². The van der Waals surface area contributed by atoms with Crippen LogP contribution in [0.2, 0.25) is 5.02 Å². The highest BCUT2D eigenvalue weighted by Crippen LogP contribution is 2.29. The van der Waals surface area contributed by atoms with Gasteiger partial charge in [0.2, 0.25) is 0 Å². The van der Waals surface area contributed by atoms with Gasteiger partial charge in [-0.3, -0.25) is 4.79 Å². The molecule has 1 aliphatic rings. The number of aromatic nitrogens is 2. The Kier molecular flexibility index (Phi) is 5.58. The summed E-state index contributed by atoms with van der Waals surface area (Å²) in [6.45, 7) is 2.18. The van der Waals surface area contributed by atoms with Gasteiger partial charge in [-0.15, -0.1) is 0 Å². The molecule has 29 heavy (non-hydrogen) atoms. The Labute approximate surface area is 172 Å². The van der Waals surface area contributed by atoms with E-state index in [4.69, 9.17) is 21.6 Å². The zero-order chi connectivity index (χ0) is 20.2. The summed E-state index contributed by atoms with van der Waals surface area (Å²) in [6, 6.07) is 14.4. The highest BCUT2D eigenvalue weighted by atomic mass is 35.5. The van der Waals surface area contributed by atoms with Crippen LogP contribution in [-0.2, 0) is 4.74 Å². The molecule has 1 aromatic heterocycles. The molecule has 0 saturated carbocycles. The third-order valence-corrected chi connectivity index (χ3v) is 4.97. The number of hydrogen-bond acceptors (Lipinski definition) is 5. The molecule has 2 aromatic carbocycles. The first kappa shape index (κ1) is 19.2. The van der Waals surface area contributed by atoms with Crippen molar-refractivity contribution in [1.82, 2.24) is 15.1 Å². The van der Waals surface area contributed by atoms with Gasteiger partial charge in [0, 0.05) is 35.6 Å². The number of carbonyl (C=O) groups is 1. The van der Waals surface area contributed by atoms with Crippen LogP contribution in [0.25, 0.3) is 5.69 Å². The van der Waals surface area contributed by atoms with E-state index in [9.17, 15) is 4.79 Å². The topological polar surface area (TPSA) is 92.0 Å². The normalized spacial score (nSPS) is 16.2. The number of morpholine rings is 1. The number of rotatable bonds is 4. The minimum Gasteiger partial charge on any atom is -0.371 e. The van der Waals surface area contributed by atoms with Crippen molar-refractivity contribution in [3.63, 3.8) is 0 Å². The van der Waals surface area contributed by atoms with E-state index in [2.05, 4.69) is 21.8 Å². The first-order valence-corrected chi connectivity index (χ1v) is 9.50. The Morgan fingerprint density at radius 2 is 2.14 bits per heavy atom. The van der Waals surface area contributed by atoms with Crippen LogP contribution < -0.4 is 10.6 Å². The van der Waals surface area contributed by atoms with Gasteiger partial charge in [-0.25, -0.2) is 4.68 Å². The molecule has 2 N–H and O–H groups in total.